The van der Waals surface area contributed by atoms with Crippen LogP contribution in [0, 0.1) is 6.92 Å². The highest BCUT2D eigenvalue weighted by Crippen LogP contribution is 2.35. The molecule has 4 rings (SSSR count). The summed E-state index contributed by atoms with van der Waals surface area (Å²) in [7, 11) is -2.81. The van der Waals surface area contributed by atoms with E-state index in [1.807, 2.05) is 38.1 Å². The molecule has 8 nitrogen and oxygen atoms in total. The maximum Gasteiger partial charge on any atom is 0.264 e. The standard InChI is InChI=1S/C33H40ClN3O5S/c1-4-29(33(39)35-27-11-7-5-8-12-27)36(22-25-17-15-24(2)16-18-25)32(38)23-37(30-21-26(34)19-20-31(30)42-3)43(40,41)28-13-9-6-10-14-28/h6,9-10,13-21,27,29H,4-5,7-8,11-12,22-23H2,1-3H3,(H,35,39)/t29-/m0/s1. The maximum atomic E-state index is 14.3. The normalized spacial score (nSPS) is 14.5. The summed E-state index contributed by atoms with van der Waals surface area (Å²) in [6.45, 7) is 3.41. The molecule has 3 aromatic carbocycles. The number of carbonyl (C=O) groups is 2. The lowest BCUT2D eigenvalue weighted by atomic mass is 9.95. The third-order valence-corrected chi connectivity index (χ3v) is 9.84. The summed E-state index contributed by atoms with van der Waals surface area (Å²) in [5, 5.41) is 3.45. The van der Waals surface area contributed by atoms with E-state index in [-0.39, 0.29) is 39.8 Å². The first-order valence-electron chi connectivity index (χ1n) is 14.7. The van der Waals surface area contributed by atoms with Crippen molar-refractivity contribution in [2.75, 3.05) is 18.0 Å². The summed E-state index contributed by atoms with van der Waals surface area (Å²) in [5.74, 6) is -0.510. The molecule has 2 amide bonds. The molecular weight excluding hydrogens is 586 g/mol. The quantitative estimate of drug-likeness (QED) is 0.262. The number of halogens is 1. The maximum absolute atomic E-state index is 14.3. The van der Waals surface area contributed by atoms with Crippen molar-refractivity contribution >= 4 is 39.1 Å². The van der Waals surface area contributed by atoms with Crippen molar-refractivity contribution < 1.29 is 22.7 Å². The third-order valence-electron chi connectivity index (χ3n) is 7.83. The molecule has 43 heavy (non-hydrogen) atoms. The third kappa shape index (κ3) is 8.09. The van der Waals surface area contributed by atoms with Gasteiger partial charge in [0.05, 0.1) is 17.7 Å². The van der Waals surface area contributed by atoms with Crippen LogP contribution in [0.25, 0.3) is 0 Å². The minimum Gasteiger partial charge on any atom is -0.495 e. The van der Waals surface area contributed by atoms with E-state index < -0.39 is 28.5 Å². The first-order valence-corrected chi connectivity index (χ1v) is 16.5. The second-order valence-corrected chi connectivity index (χ2v) is 13.2. The molecular formula is C33H40ClN3O5S. The first kappa shape index (κ1) is 32.4. The summed E-state index contributed by atoms with van der Waals surface area (Å²) in [6.07, 6.45) is 5.45. The molecule has 1 atom stereocenters. The molecule has 0 radical (unpaired) electrons. The van der Waals surface area contributed by atoms with Crippen LogP contribution in [0.1, 0.15) is 56.6 Å². The Morgan fingerprint density at radius 2 is 1.67 bits per heavy atom. The number of hydrogen-bond donors (Lipinski definition) is 1. The van der Waals surface area contributed by atoms with E-state index in [0.717, 1.165) is 47.5 Å². The van der Waals surface area contributed by atoms with Crippen LogP contribution in [0.15, 0.2) is 77.7 Å². The zero-order valence-corrected chi connectivity index (χ0v) is 26.5. The summed E-state index contributed by atoms with van der Waals surface area (Å²) in [6, 6.07) is 19.5. The fourth-order valence-corrected chi connectivity index (χ4v) is 7.05. The lowest BCUT2D eigenvalue weighted by Crippen LogP contribution is -2.54. The van der Waals surface area contributed by atoms with Gasteiger partial charge in [0.2, 0.25) is 11.8 Å². The molecule has 0 aromatic heterocycles. The Labute approximate surface area is 260 Å². The Morgan fingerprint density at radius 1 is 1.00 bits per heavy atom. The predicted octanol–water partition coefficient (Wildman–Crippen LogP) is 6.11. The van der Waals surface area contributed by atoms with Crippen molar-refractivity contribution in [2.45, 2.75) is 75.9 Å². The van der Waals surface area contributed by atoms with Crippen molar-refractivity contribution in [1.82, 2.24) is 10.2 Å². The number of rotatable bonds is 12. The number of nitrogens with one attached hydrogen (secondary N) is 1. The highest BCUT2D eigenvalue weighted by atomic mass is 35.5. The number of ether oxygens (including phenoxy) is 1. The zero-order valence-electron chi connectivity index (χ0n) is 25.0. The highest BCUT2D eigenvalue weighted by Gasteiger charge is 2.35. The van der Waals surface area contributed by atoms with Crippen LogP contribution in [-0.4, -0.2) is 50.9 Å². The van der Waals surface area contributed by atoms with Crippen LogP contribution in [0.2, 0.25) is 5.02 Å². The lowest BCUT2D eigenvalue weighted by Gasteiger charge is -2.34. The minimum atomic E-state index is -4.24. The Morgan fingerprint density at radius 3 is 2.30 bits per heavy atom. The molecule has 1 aliphatic carbocycles. The monoisotopic (exact) mass is 625 g/mol. The SMILES string of the molecule is CC[C@@H](C(=O)NC1CCCCC1)N(Cc1ccc(C)cc1)C(=O)CN(c1cc(Cl)ccc1OC)S(=O)(=O)c1ccccc1. The number of anilines is 1. The number of carbonyl (C=O) groups excluding carboxylic acids is 2. The van der Waals surface area contributed by atoms with Gasteiger partial charge in [0.25, 0.3) is 10.0 Å². The van der Waals surface area contributed by atoms with Crippen LogP contribution in [0.5, 0.6) is 5.75 Å². The molecule has 0 bridgehead atoms. The van der Waals surface area contributed by atoms with Crippen LogP contribution >= 0.6 is 11.6 Å². The fraction of sp³-hybridized carbons (Fsp3) is 0.394. The Bertz CT molecular complexity index is 1490. The van der Waals surface area contributed by atoms with Crippen molar-refractivity contribution in [1.29, 1.82) is 0 Å². The average molecular weight is 626 g/mol. The number of sulfonamides is 1. The van der Waals surface area contributed by atoms with Crippen LogP contribution in [0.4, 0.5) is 5.69 Å². The highest BCUT2D eigenvalue weighted by molar-refractivity contribution is 7.92. The molecule has 10 heteroatoms. The summed E-state index contributed by atoms with van der Waals surface area (Å²) in [5.41, 5.74) is 2.03. The van der Waals surface area contributed by atoms with Gasteiger partial charge in [-0.25, -0.2) is 8.42 Å². The van der Waals surface area contributed by atoms with Gasteiger partial charge in [0, 0.05) is 17.6 Å². The average Bonchev–Trinajstić information content (AvgIpc) is 3.01. The van der Waals surface area contributed by atoms with Crippen molar-refractivity contribution in [2.24, 2.45) is 0 Å². The number of hydrogen-bond acceptors (Lipinski definition) is 5. The second kappa shape index (κ2) is 14.8. The number of benzene rings is 3. The van der Waals surface area contributed by atoms with Gasteiger partial charge in [-0.1, -0.05) is 85.8 Å². The van der Waals surface area contributed by atoms with E-state index in [1.165, 1.54) is 30.2 Å². The van der Waals surface area contributed by atoms with Gasteiger partial charge in [-0.2, -0.15) is 0 Å². The van der Waals surface area contributed by atoms with Gasteiger partial charge in [0.1, 0.15) is 18.3 Å². The van der Waals surface area contributed by atoms with Crippen LogP contribution < -0.4 is 14.4 Å². The smallest absolute Gasteiger partial charge is 0.264 e. The van der Waals surface area contributed by atoms with E-state index in [9.17, 15) is 18.0 Å². The summed E-state index contributed by atoms with van der Waals surface area (Å²) in [4.78, 5) is 29.5. The number of methoxy groups -OCH3 is 1. The van der Waals surface area contributed by atoms with E-state index in [4.69, 9.17) is 16.3 Å². The van der Waals surface area contributed by atoms with Crippen molar-refractivity contribution in [3.05, 3.63) is 88.9 Å². The molecule has 1 fully saturated rings. The largest absolute Gasteiger partial charge is 0.495 e. The van der Waals surface area contributed by atoms with Crippen LogP contribution in [-0.2, 0) is 26.2 Å². The van der Waals surface area contributed by atoms with E-state index >= 15 is 0 Å². The van der Waals surface area contributed by atoms with Gasteiger partial charge in [0.15, 0.2) is 0 Å². The second-order valence-electron chi connectivity index (χ2n) is 10.9. The van der Waals surface area contributed by atoms with Gasteiger partial charge in [-0.15, -0.1) is 0 Å². The molecule has 0 saturated heterocycles. The van der Waals surface area contributed by atoms with E-state index in [1.54, 1.807) is 30.3 Å². The van der Waals surface area contributed by atoms with Crippen LogP contribution in [0.3, 0.4) is 0 Å². The minimum absolute atomic E-state index is 0.0111. The van der Waals surface area contributed by atoms with Crippen molar-refractivity contribution in [3.63, 3.8) is 0 Å². The van der Waals surface area contributed by atoms with Gasteiger partial charge in [-0.05, 0) is 62.1 Å². The predicted molar refractivity (Wildman–Crippen MR) is 170 cm³/mol. The number of amides is 2. The topological polar surface area (TPSA) is 96.0 Å². The molecule has 3 aromatic rings. The van der Waals surface area contributed by atoms with Gasteiger partial charge >= 0.3 is 0 Å². The Kier molecular flexibility index (Phi) is 11.1. The molecule has 0 unspecified atom stereocenters. The summed E-state index contributed by atoms with van der Waals surface area (Å²) >= 11 is 6.31. The molecule has 1 saturated carbocycles. The first-order chi connectivity index (χ1) is 20.6. The molecule has 0 spiro atoms. The fourth-order valence-electron chi connectivity index (χ4n) is 5.45. The number of nitrogens with zero attached hydrogens (tertiary/aromatic N) is 2. The molecule has 0 heterocycles. The Balaban J connectivity index is 1.74. The number of aryl methyl sites for hydroxylation is 1. The van der Waals surface area contributed by atoms with Gasteiger partial charge in [-0.3, -0.25) is 13.9 Å². The molecule has 0 aliphatic heterocycles. The molecule has 1 aliphatic rings. The van der Waals surface area contributed by atoms with E-state index in [0.29, 0.717) is 6.42 Å². The van der Waals surface area contributed by atoms with E-state index in [2.05, 4.69) is 5.32 Å². The zero-order chi connectivity index (χ0) is 31.0. The molecule has 230 valence electrons. The summed E-state index contributed by atoms with van der Waals surface area (Å²) < 4.78 is 34.7. The lowest BCUT2D eigenvalue weighted by molar-refractivity contribution is -0.140. The molecule has 1 N–H and O–H groups in total. The van der Waals surface area contributed by atoms with Gasteiger partial charge < -0.3 is 15.0 Å². The Hall–Kier alpha value is -3.56. The van der Waals surface area contributed by atoms with Crippen molar-refractivity contribution in [3.8, 4) is 5.75 Å².